The molecule has 18 heavy (non-hydrogen) atoms. The highest BCUT2D eigenvalue weighted by atomic mass is 16.5. The largest absolute Gasteiger partial charge is 0.383 e. The third-order valence-corrected chi connectivity index (χ3v) is 3.34. The Kier molecular flexibility index (Phi) is 5.59. The predicted octanol–water partition coefficient (Wildman–Crippen LogP) is 1.63. The van der Waals surface area contributed by atoms with Crippen molar-refractivity contribution in [1.82, 2.24) is 4.90 Å². The molecule has 0 aromatic heterocycles. The van der Waals surface area contributed by atoms with Crippen molar-refractivity contribution < 1.29 is 9.47 Å². The van der Waals surface area contributed by atoms with E-state index in [0.717, 1.165) is 39.1 Å². The van der Waals surface area contributed by atoms with Crippen LogP contribution in [0.4, 0.5) is 0 Å². The first-order valence-corrected chi connectivity index (χ1v) is 6.93. The Balaban J connectivity index is 2.70. The zero-order valence-electron chi connectivity index (χ0n) is 12.7. The molecule has 1 unspecified atom stereocenters. The van der Waals surface area contributed by atoms with E-state index >= 15 is 0 Å². The standard InChI is InChI=1S/C14H30N2O2/c1-13(2)10-16(11-14(3,4)18-13)12(9-17-5)7-6-8-15/h12H,6-11,15H2,1-5H3. The van der Waals surface area contributed by atoms with Crippen molar-refractivity contribution in [3.63, 3.8) is 0 Å². The van der Waals surface area contributed by atoms with Crippen molar-refractivity contribution in [3.05, 3.63) is 0 Å². The molecule has 0 aromatic rings. The molecule has 1 heterocycles. The second kappa shape index (κ2) is 6.33. The summed E-state index contributed by atoms with van der Waals surface area (Å²) in [6.07, 6.45) is 2.14. The predicted molar refractivity (Wildman–Crippen MR) is 74.8 cm³/mol. The summed E-state index contributed by atoms with van der Waals surface area (Å²) in [6.45, 7) is 12.1. The van der Waals surface area contributed by atoms with E-state index in [0.29, 0.717) is 6.04 Å². The second-order valence-electron chi connectivity index (χ2n) is 6.57. The van der Waals surface area contributed by atoms with Crippen LogP contribution in [0.15, 0.2) is 0 Å². The molecule has 0 radical (unpaired) electrons. The molecule has 1 fully saturated rings. The lowest BCUT2D eigenvalue weighted by Gasteiger charge is -2.49. The Labute approximate surface area is 112 Å². The summed E-state index contributed by atoms with van der Waals surface area (Å²) in [5.41, 5.74) is 5.42. The molecule has 0 amide bonds. The van der Waals surface area contributed by atoms with E-state index < -0.39 is 0 Å². The number of hydrogen-bond donors (Lipinski definition) is 1. The molecular weight excluding hydrogens is 228 g/mol. The summed E-state index contributed by atoms with van der Waals surface area (Å²) in [7, 11) is 1.77. The first kappa shape index (κ1) is 15.9. The lowest BCUT2D eigenvalue weighted by atomic mass is 9.96. The molecule has 0 bridgehead atoms. The van der Waals surface area contributed by atoms with Crippen molar-refractivity contribution in [3.8, 4) is 0 Å². The zero-order valence-corrected chi connectivity index (χ0v) is 12.7. The Morgan fingerprint density at radius 1 is 1.22 bits per heavy atom. The lowest BCUT2D eigenvalue weighted by Crippen LogP contribution is -2.60. The molecule has 1 saturated heterocycles. The van der Waals surface area contributed by atoms with Gasteiger partial charge >= 0.3 is 0 Å². The zero-order chi connectivity index (χ0) is 13.8. The van der Waals surface area contributed by atoms with Gasteiger partial charge in [-0.15, -0.1) is 0 Å². The molecular formula is C14H30N2O2. The number of hydrogen-bond acceptors (Lipinski definition) is 4. The van der Waals surface area contributed by atoms with E-state index in [9.17, 15) is 0 Å². The average molecular weight is 258 g/mol. The summed E-state index contributed by atoms with van der Waals surface area (Å²) >= 11 is 0. The molecule has 108 valence electrons. The third-order valence-electron chi connectivity index (χ3n) is 3.34. The first-order chi connectivity index (χ1) is 8.29. The fraction of sp³-hybridized carbons (Fsp3) is 1.00. The smallest absolute Gasteiger partial charge is 0.0760 e. The van der Waals surface area contributed by atoms with Crippen molar-refractivity contribution in [2.24, 2.45) is 5.73 Å². The van der Waals surface area contributed by atoms with Gasteiger partial charge in [-0.2, -0.15) is 0 Å². The molecule has 4 heteroatoms. The minimum Gasteiger partial charge on any atom is -0.383 e. The summed E-state index contributed by atoms with van der Waals surface area (Å²) in [4.78, 5) is 2.50. The SMILES string of the molecule is COCC(CCCN)N1CC(C)(C)OC(C)(C)C1. The van der Waals surface area contributed by atoms with Gasteiger partial charge in [0.05, 0.1) is 17.8 Å². The third kappa shape index (κ3) is 4.84. The average Bonchev–Trinajstić information content (AvgIpc) is 2.19. The van der Waals surface area contributed by atoms with Crippen LogP contribution in [-0.2, 0) is 9.47 Å². The van der Waals surface area contributed by atoms with Crippen molar-refractivity contribution in [1.29, 1.82) is 0 Å². The van der Waals surface area contributed by atoms with Gasteiger partial charge in [-0.05, 0) is 47.1 Å². The molecule has 2 N–H and O–H groups in total. The van der Waals surface area contributed by atoms with E-state index in [1.54, 1.807) is 7.11 Å². The monoisotopic (exact) mass is 258 g/mol. The first-order valence-electron chi connectivity index (χ1n) is 6.93. The minimum absolute atomic E-state index is 0.101. The van der Waals surface area contributed by atoms with Crippen LogP contribution in [0, 0.1) is 0 Å². The number of ether oxygens (including phenoxy) is 2. The molecule has 0 spiro atoms. The second-order valence-corrected chi connectivity index (χ2v) is 6.57. The molecule has 0 aliphatic carbocycles. The summed E-state index contributed by atoms with van der Waals surface area (Å²) < 4.78 is 11.5. The topological polar surface area (TPSA) is 47.7 Å². The minimum atomic E-state index is -0.101. The van der Waals surface area contributed by atoms with E-state index in [-0.39, 0.29) is 11.2 Å². The number of methoxy groups -OCH3 is 1. The Morgan fingerprint density at radius 2 is 1.78 bits per heavy atom. The van der Waals surface area contributed by atoms with Crippen molar-refractivity contribution in [2.75, 3.05) is 33.4 Å². The van der Waals surface area contributed by atoms with Gasteiger partial charge in [-0.25, -0.2) is 0 Å². The van der Waals surface area contributed by atoms with Crippen LogP contribution in [0.1, 0.15) is 40.5 Å². The highest BCUT2D eigenvalue weighted by molar-refractivity contribution is 4.91. The molecule has 0 saturated carbocycles. The molecule has 1 aliphatic rings. The maximum absolute atomic E-state index is 6.12. The van der Waals surface area contributed by atoms with Crippen LogP contribution in [0.2, 0.25) is 0 Å². The molecule has 1 rings (SSSR count). The highest BCUT2D eigenvalue weighted by Gasteiger charge is 2.40. The summed E-state index contributed by atoms with van der Waals surface area (Å²) in [5.74, 6) is 0. The van der Waals surface area contributed by atoms with Crippen LogP contribution >= 0.6 is 0 Å². The number of rotatable bonds is 6. The maximum atomic E-state index is 6.12. The fourth-order valence-corrected chi connectivity index (χ4v) is 3.02. The Bertz CT molecular complexity index is 238. The Hall–Kier alpha value is -0.160. The van der Waals surface area contributed by atoms with E-state index in [4.69, 9.17) is 15.2 Å². The molecule has 1 atom stereocenters. The van der Waals surface area contributed by atoms with Gasteiger partial charge in [0.1, 0.15) is 0 Å². The van der Waals surface area contributed by atoms with Gasteiger partial charge < -0.3 is 15.2 Å². The van der Waals surface area contributed by atoms with Crippen molar-refractivity contribution >= 4 is 0 Å². The van der Waals surface area contributed by atoms with Crippen LogP contribution < -0.4 is 5.73 Å². The number of nitrogens with zero attached hydrogens (tertiary/aromatic N) is 1. The summed E-state index contributed by atoms with van der Waals surface area (Å²) in [5, 5.41) is 0. The maximum Gasteiger partial charge on any atom is 0.0760 e. The van der Waals surface area contributed by atoms with Crippen LogP contribution in [0.5, 0.6) is 0 Å². The van der Waals surface area contributed by atoms with Crippen LogP contribution in [-0.4, -0.2) is 55.5 Å². The van der Waals surface area contributed by atoms with Gasteiger partial charge in [0.15, 0.2) is 0 Å². The summed E-state index contributed by atoms with van der Waals surface area (Å²) in [6, 6.07) is 0.445. The Morgan fingerprint density at radius 3 is 2.22 bits per heavy atom. The normalized spacial score (nSPS) is 25.0. The van der Waals surface area contributed by atoms with Crippen LogP contribution in [0.3, 0.4) is 0 Å². The van der Waals surface area contributed by atoms with E-state index in [1.807, 2.05) is 0 Å². The van der Waals surface area contributed by atoms with Gasteiger partial charge in [-0.1, -0.05) is 0 Å². The van der Waals surface area contributed by atoms with E-state index in [2.05, 4.69) is 32.6 Å². The quantitative estimate of drug-likeness (QED) is 0.786. The fourth-order valence-electron chi connectivity index (χ4n) is 3.02. The van der Waals surface area contributed by atoms with Gasteiger partial charge in [0.25, 0.3) is 0 Å². The molecule has 4 nitrogen and oxygen atoms in total. The van der Waals surface area contributed by atoms with Gasteiger partial charge in [0, 0.05) is 26.2 Å². The number of nitrogens with two attached hydrogens (primary N) is 1. The molecule has 0 aromatic carbocycles. The highest BCUT2D eigenvalue weighted by Crippen LogP contribution is 2.30. The van der Waals surface area contributed by atoms with E-state index in [1.165, 1.54) is 0 Å². The lowest BCUT2D eigenvalue weighted by molar-refractivity contribution is -0.190. The molecule has 1 aliphatic heterocycles. The van der Waals surface area contributed by atoms with Gasteiger partial charge in [-0.3, -0.25) is 4.90 Å². The van der Waals surface area contributed by atoms with Crippen molar-refractivity contribution in [2.45, 2.75) is 57.8 Å². The van der Waals surface area contributed by atoms with Gasteiger partial charge in [0.2, 0.25) is 0 Å². The van der Waals surface area contributed by atoms with Crippen LogP contribution in [0.25, 0.3) is 0 Å². The number of morpholine rings is 1.